The maximum atomic E-state index is 11.1. The number of unbranched alkanes of at least 4 members (excludes halogenated alkanes) is 3. The van der Waals surface area contributed by atoms with Crippen molar-refractivity contribution < 1.29 is 9.90 Å². The van der Waals surface area contributed by atoms with E-state index in [2.05, 4.69) is 6.58 Å². The summed E-state index contributed by atoms with van der Waals surface area (Å²) in [5, 5.41) is 9.14. The molecule has 0 amide bonds. The van der Waals surface area contributed by atoms with Crippen molar-refractivity contribution in [2.24, 2.45) is 11.8 Å². The highest BCUT2D eigenvalue weighted by atomic mass is 16.4. The van der Waals surface area contributed by atoms with Crippen molar-refractivity contribution >= 4 is 5.97 Å². The third-order valence-corrected chi connectivity index (χ3v) is 3.71. The summed E-state index contributed by atoms with van der Waals surface area (Å²) in [6.07, 6.45) is 12.1. The molecule has 2 atom stereocenters. The van der Waals surface area contributed by atoms with E-state index in [0.717, 1.165) is 32.1 Å². The molecule has 0 spiro atoms. The third-order valence-electron chi connectivity index (χ3n) is 3.71. The Bertz CT molecular complexity index is 223. The lowest BCUT2D eigenvalue weighted by Gasteiger charge is -2.28. The van der Waals surface area contributed by atoms with Gasteiger partial charge < -0.3 is 5.11 Å². The third kappa shape index (κ3) is 4.38. The second kappa shape index (κ2) is 7.48. The molecule has 1 rings (SSSR count). The topological polar surface area (TPSA) is 37.3 Å². The van der Waals surface area contributed by atoms with Crippen molar-refractivity contribution in [1.29, 1.82) is 0 Å². The summed E-state index contributed by atoms with van der Waals surface area (Å²) < 4.78 is 0. The summed E-state index contributed by atoms with van der Waals surface area (Å²) in [6, 6.07) is 0. The van der Waals surface area contributed by atoms with Gasteiger partial charge in [0.25, 0.3) is 0 Å². The van der Waals surface area contributed by atoms with E-state index >= 15 is 0 Å². The van der Waals surface area contributed by atoms with Crippen molar-refractivity contribution in [2.45, 2.75) is 57.8 Å². The fraction of sp³-hybridized carbons (Fsp3) is 0.786. The standard InChI is InChI=1S/C14H24O2/c1-2-3-4-5-6-9-12-10-7-8-11-13(12)14(15)16/h2,12-13H,1,3-11H2,(H,15,16). The van der Waals surface area contributed by atoms with Crippen LogP contribution in [0.4, 0.5) is 0 Å². The Hall–Kier alpha value is -0.790. The van der Waals surface area contributed by atoms with E-state index in [-0.39, 0.29) is 5.92 Å². The van der Waals surface area contributed by atoms with E-state index in [4.69, 9.17) is 5.11 Å². The Kier molecular flexibility index (Phi) is 6.20. The molecule has 0 heterocycles. The van der Waals surface area contributed by atoms with Gasteiger partial charge in [-0.25, -0.2) is 0 Å². The Morgan fingerprint density at radius 3 is 2.69 bits per heavy atom. The van der Waals surface area contributed by atoms with Crippen LogP contribution in [0, 0.1) is 11.8 Å². The molecule has 0 bridgehead atoms. The lowest BCUT2D eigenvalue weighted by atomic mass is 9.76. The van der Waals surface area contributed by atoms with Crippen LogP contribution < -0.4 is 0 Å². The lowest BCUT2D eigenvalue weighted by Crippen LogP contribution is -2.26. The van der Waals surface area contributed by atoms with Crippen LogP contribution in [0.2, 0.25) is 0 Å². The van der Waals surface area contributed by atoms with Crippen LogP contribution in [0.25, 0.3) is 0 Å². The van der Waals surface area contributed by atoms with Crippen LogP contribution in [0.15, 0.2) is 12.7 Å². The predicted molar refractivity (Wildman–Crippen MR) is 66.4 cm³/mol. The van der Waals surface area contributed by atoms with Gasteiger partial charge in [0.2, 0.25) is 0 Å². The fourth-order valence-corrected chi connectivity index (χ4v) is 2.75. The molecular weight excluding hydrogens is 200 g/mol. The highest BCUT2D eigenvalue weighted by Crippen LogP contribution is 2.33. The maximum absolute atomic E-state index is 11.1. The molecule has 0 aromatic carbocycles. The molecule has 0 aromatic heterocycles. The monoisotopic (exact) mass is 224 g/mol. The van der Waals surface area contributed by atoms with E-state index in [1.165, 1.54) is 25.7 Å². The summed E-state index contributed by atoms with van der Waals surface area (Å²) in [5.41, 5.74) is 0. The zero-order chi connectivity index (χ0) is 11.8. The van der Waals surface area contributed by atoms with Gasteiger partial charge >= 0.3 is 5.97 Å². The minimum atomic E-state index is -0.573. The lowest BCUT2D eigenvalue weighted by molar-refractivity contribution is -0.145. The first-order valence-corrected chi connectivity index (χ1v) is 6.59. The maximum Gasteiger partial charge on any atom is 0.306 e. The first kappa shape index (κ1) is 13.3. The molecule has 1 saturated carbocycles. The summed E-state index contributed by atoms with van der Waals surface area (Å²) in [4.78, 5) is 11.1. The van der Waals surface area contributed by atoms with Crippen LogP contribution in [-0.2, 0) is 4.79 Å². The number of hydrogen-bond donors (Lipinski definition) is 1. The van der Waals surface area contributed by atoms with Crippen molar-refractivity contribution in [3.8, 4) is 0 Å². The van der Waals surface area contributed by atoms with Crippen LogP contribution in [-0.4, -0.2) is 11.1 Å². The smallest absolute Gasteiger partial charge is 0.306 e. The SMILES string of the molecule is C=CCCCCCC1CCCCC1C(=O)O. The summed E-state index contributed by atoms with van der Waals surface area (Å²) in [5.74, 6) is -0.195. The van der Waals surface area contributed by atoms with Crippen molar-refractivity contribution in [3.05, 3.63) is 12.7 Å². The molecular formula is C14H24O2. The minimum absolute atomic E-state index is 0.0619. The van der Waals surface area contributed by atoms with E-state index < -0.39 is 5.97 Å². The molecule has 1 aliphatic rings. The number of carboxylic acid groups (broad SMARTS) is 1. The number of allylic oxidation sites excluding steroid dienone is 1. The second-order valence-corrected chi connectivity index (χ2v) is 4.92. The molecule has 2 nitrogen and oxygen atoms in total. The number of aliphatic carboxylic acids is 1. The normalized spacial score (nSPS) is 25.2. The van der Waals surface area contributed by atoms with E-state index in [1.54, 1.807) is 0 Å². The molecule has 1 aliphatic carbocycles. The highest BCUT2D eigenvalue weighted by Gasteiger charge is 2.29. The predicted octanol–water partition coefficient (Wildman–Crippen LogP) is 4.01. The molecule has 0 saturated heterocycles. The van der Waals surface area contributed by atoms with Crippen molar-refractivity contribution in [3.63, 3.8) is 0 Å². The molecule has 92 valence electrons. The number of carboxylic acids is 1. The van der Waals surface area contributed by atoms with Gasteiger partial charge in [-0.2, -0.15) is 0 Å². The van der Waals surface area contributed by atoms with Crippen LogP contribution >= 0.6 is 0 Å². The van der Waals surface area contributed by atoms with Crippen LogP contribution in [0.3, 0.4) is 0 Å². The van der Waals surface area contributed by atoms with Crippen molar-refractivity contribution in [1.82, 2.24) is 0 Å². The molecule has 2 unspecified atom stereocenters. The molecule has 1 N–H and O–H groups in total. The number of hydrogen-bond acceptors (Lipinski definition) is 1. The van der Waals surface area contributed by atoms with E-state index in [1.807, 2.05) is 6.08 Å². The van der Waals surface area contributed by atoms with Gasteiger partial charge in [-0.3, -0.25) is 4.79 Å². The first-order chi connectivity index (χ1) is 7.75. The number of rotatable bonds is 7. The van der Waals surface area contributed by atoms with Gasteiger partial charge in [0, 0.05) is 0 Å². The average Bonchev–Trinajstić information content (AvgIpc) is 2.29. The number of carbonyl (C=O) groups is 1. The zero-order valence-electron chi connectivity index (χ0n) is 10.2. The summed E-state index contributed by atoms with van der Waals surface area (Å²) in [6.45, 7) is 3.71. The van der Waals surface area contributed by atoms with Gasteiger partial charge in [0.05, 0.1) is 5.92 Å². The summed E-state index contributed by atoms with van der Waals surface area (Å²) in [7, 11) is 0. The fourth-order valence-electron chi connectivity index (χ4n) is 2.75. The van der Waals surface area contributed by atoms with Gasteiger partial charge in [-0.05, 0) is 38.0 Å². The van der Waals surface area contributed by atoms with E-state index in [0.29, 0.717) is 5.92 Å². The van der Waals surface area contributed by atoms with Gasteiger partial charge in [0.1, 0.15) is 0 Å². The first-order valence-electron chi connectivity index (χ1n) is 6.59. The summed E-state index contributed by atoms with van der Waals surface area (Å²) >= 11 is 0. The Morgan fingerprint density at radius 2 is 2.00 bits per heavy atom. The van der Waals surface area contributed by atoms with Crippen LogP contribution in [0.1, 0.15) is 57.8 Å². The molecule has 16 heavy (non-hydrogen) atoms. The Labute approximate surface area is 98.7 Å². The minimum Gasteiger partial charge on any atom is -0.481 e. The zero-order valence-corrected chi connectivity index (χ0v) is 10.2. The van der Waals surface area contributed by atoms with Gasteiger partial charge in [-0.1, -0.05) is 31.8 Å². The highest BCUT2D eigenvalue weighted by molar-refractivity contribution is 5.70. The molecule has 0 aliphatic heterocycles. The van der Waals surface area contributed by atoms with Gasteiger partial charge in [0.15, 0.2) is 0 Å². The molecule has 1 fully saturated rings. The molecule has 2 heteroatoms. The second-order valence-electron chi connectivity index (χ2n) is 4.92. The quantitative estimate of drug-likeness (QED) is 0.524. The average molecular weight is 224 g/mol. The van der Waals surface area contributed by atoms with Crippen LogP contribution in [0.5, 0.6) is 0 Å². The largest absolute Gasteiger partial charge is 0.481 e. The molecule has 0 radical (unpaired) electrons. The van der Waals surface area contributed by atoms with Gasteiger partial charge in [-0.15, -0.1) is 6.58 Å². The molecule has 0 aromatic rings. The Morgan fingerprint density at radius 1 is 1.25 bits per heavy atom. The van der Waals surface area contributed by atoms with Crippen molar-refractivity contribution in [2.75, 3.05) is 0 Å². The van der Waals surface area contributed by atoms with E-state index in [9.17, 15) is 4.79 Å². The Balaban J connectivity index is 2.22.